The zero-order valence-corrected chi connectivity index (χ0v) is 11.2. The van der Waals surface area contributed by atoms with Gasteiger partial charge in [-0.25, -0.2) is 0 Å². The molecule has 0 fully saturated rings. The number of carbonyl (C=O) groups excluding carboxylic acids is 1. The molecule has 19 heavy (non-hydrogen) atoms. The first kappa shape index (κ1) is 13.5. The number of halogens is 1. The molecule has 0 aliphatic rings. The molecule has 0 spiro atoms. The van der Waals surface area contributed by atoms with Gasteiger partial charge in [-0.15, -0.1) is 0 Å². The van der Waals surface area contributed by atoms with Crippen LogP contribution >= 0.6 is 11.6 Å². The summed E-state index contributed by atoms with van der Waals surface area (Å²) in [5.74, 6) is -0.611. The Hall–Kier alpha value is -1.95. The van der Waals surface area contributed by atoms with Gasteiger partial charge in [-0.1, -0.05) is 16.8 Å². The lowest BCUT2D eigenvalue weighted by atomic mass is 10.2. The number of rotatable bonds is 4. The van der Waals surface area contributed by atoms with Crippen LogP contribution in [0.15, 0.2) is 22.9 Å². The van der Waals surface area contributed by atoms with Crippen LogP contribution in [0.3, 0.4) is 0 Å². The summed E-state index contributed by atoms with van der Waals surface area (Å²) >= 11 is 5.98. The minimum Gasteiger partial charge on any atom is -0.465 e. The molecule has 2 heterocycles. The maximum Gasteiger partial charge on any atom is 0.318 e. The molecular weight excluding hydrogens is 270 g/mol. The summed E-state index contributed by atoms with van der Waals surface area (Å²) in [5.41, 5.74) is 0.412. The van der Waals surface area contributed by atoms with Crippen LogP contribution in [0.5, 0.6) is 0 Å². The molecule has 0 aliphatic carbocycles. The Bertz CT molecular complexity index is 585. The van der Waals surface area contributed by atoms with Crippen molar-refractivity contribution in [2.24, 2.45) is 0 Å². The van der Waals surface area contributed by atoms with Crippen LogP contribution in [0.25, 0.3) is 11.5 Å². The number of hydrogen-bond donors (Lipinski definition) is 0. The van der Waals surface area contributed by atoms with Crippen molar-refractivity contribution in [3.05, 3.63) is 29.2 Å². The first-order valence-corrected chi connectivity index (χ1v) is 6.12. The molecule has 0 aliphatic heterocycles. The van der Waals surface area contributed by atoms with Crippen molar-refractivity contribution in [2.45, 2.75) is 19.8 Å². The van der Waals surface area contributed by atoms with Crippen LogP contribution in [-0.4, -0.2) is 27.7 Å². The molecule has 1 atom stereocenters. The molecule has 7 heteroatoms. The van der Waals surface area contributed by atoms with Crippen LogP contribution in [0.2, 0.25) is 5.02 Å². The van der Waals surface area contributed by atoms with Crippen molar-refractivity contribution in [1.82, 2.24) is 15.1 Å². The van der Waals surface area contributed by atoms with Crippen LogP contribution in [0.1, 0.15) is 25.7 Å². The predicted molar refractivity (Wildman–Crippen MR) is 67.6 cm³/mol. The molecule has 100 valence electrons. The second-order valence-electron chi connectivity index (χ2n) is 3.76. The number of nitrogens with zero attached hydrogens (tertiary/aromatic N) is 3. The highest BCUT2D eigenvalue weighted by atomic mass is 35.5. The molecule has 0 amide bonds. The number of pyridine rings is 1. The lowest BCUT2D eigenvalue weighted by Crippen LogP contribution is -2.13. The van der Waals surface area contributed by atoms with Gasteiger partial charge in [0.15, 0.2) is 0 Å². The normalized spacial score (nSPS) is 12.2. The first-order chi connectivity index (χ1) is 9.13. The maximum absolute atomic E-state index is 11.6. The van der Waals surface area contributed by atoms with Crippen LogP contribution in [0, 0.1) is 0 Å². The van der Waals surface area contributed by atoms with E-state index in [1.165, 1.54) is 0 Å². The van der Waals surface area contributed by atoms with E-state index in [1.807, 2.05) is 0 Å². The van der Waals surface area contributed by atoms with Gasteiger partial charge in [0, 0.05) is 6.20 Å². The highest BCUT2D eigenvalue weighted by Gasteiger charge is 2.24. The largest absolute Gasteiger partial charge is 0.465 e. The smallest absolute Gasteiger partial charge is 0.318 e. The topological polar surface area (TPSA) is 78.1 Å². The Morgan fingerprint density at radius 1 is 1.58 bits per heavy atom. The molecule has 0 N–H and O–H groups in total. The SMILES string of the molecule is CCOC(=O)C(C)c1nc(-c2ncccc2Cl)no1. The standard InChI is InChI=1S/C12H12ClN3O3/c1-3-18-12(17)7(2)11-15-10(16-19-11)9-8(13)5-4-6-14-9/h4-7H,3H2,1-2H3. The zero-order valence-electron chi connectivity index (χ0n) is 10.5. The lowest BCUT2D eigenvalue weighted by molar-refractivity contribution is -0.145. The Balaban J connectivity index is 2.24. The van der Waals surface area contributed by atoms with Gasteiger partial charge >= 0.3 is 5.97 Å². The van der Waals surface area contributed by atoms with E-state index in [2.05, 4.69) is 15.1 Å². The molecule has 2 aromatic heterocycles. The molecule has 0 aromatic carbocycles. The van der Waals surface area contributed by atoms with E-state index < -0.39 is 11.9 Å². The van der Waals surface area contributed by atoms with E-state index in [1.54, 1.807) is 32.2 Å². The van der Waals surface area contributed by atoms with E-state index in [4.69, 9.17) is 20.9 Å². The molecule has 0 bridgehead atoms. The van der Waals surface area contributed by atoms with Crippen molar-refractivity contribution in [1.29, 1.82) is 0 Å². The van der Waals surface area contributed by atoms with Crippen molar-refractivity contribution in [3.8, 4) is 11.5 Å². The van der Waals surface area contributed by atoms with Gasteiger partial charge < -0.3 is 9.26 Å². The van der Waals surface area contributed by atoms with Crippen LogP contribution in [0.4, 0.5) is 0 Å². The average Bonchev–Trinajstić information content (AvgIpc) is 2.88. The molecular formula is C12H12ClN3O3. The summed E-state index contributed by atoms with van der Waals surface area (Å²) in [7, 11) is 0. The molecule has 0 radical (unpaired) electrons. The van der Waals surface area contributed by atoms with E-state index in [-0.39, 0.29) is 11.7 Å². The van der Waals surface area contributed by atoms with Gasteiger partial charge in [0.05, 0.1) is 11.6 Å². The molecule has 6 nitrogen and oxygen atoms in total. The summed E-state index contributed by atoms with van der Waals surface area (Å²) in [6.45, 7) is 3.67. The summed E-state index contributed by atoms with van der Waals surface area (Å²) in [4.78, 5) is 19.8. The summed E-state index contributed by atoms with van der Waals surface area (Å²) in [6.07, 6.45) is 1.58. The van der Waals surface area contributed by atoms with Crippen LogP contribution in [-0.2, 0) is 9.53 Å². The van der Waals surface area contributed by atoms with E-state index in [9.17, 15) is 4.79 Å². The monoisotopic (exact) mass is 281 g/mol. The van der Waals surface area contributed by atoms with Crippen molar-refractivity contribution >= 4 is 17.6 Å². The van der Waals surface area contributed by atoms with Crippen molar-refractivity contribution < 1.29 is 14.1 Å². The highest BCUT2D eigenvalue weighted by molar-refractivity contribution is 6.32. The van der Waals surface area contributed by atoms with Gasteiger partial charge in [0.2, 0.25) is 11.7 Å². The van der Waals surface area contributed by atoms with E-state index in [0.29, 0.717) is 17.3 Å². The minimum absolute atomic E-state index is 0.176. The molecule has 2 aromatic rings. The molecule has 0 saturated carbocycles. The Morgan fingerprint density at radius 3 is 3.05 bits per heavy atom. The van der Waals surface area contributed by atoms with E-state index in [0.717, 1.165) is 0 Å². The third-order valence-corrected chi connectivity index (χ3v) is 2.73. The summed E-state index contributed by atoms with van der Waals surface area (Å²) in [6, 6.07) is 3.38. The molecule has 0 saturated heterocycles. The number of ether oxygens (including phenoxy) is 1. The lowest BCUT2D eigenvalue weighted by Gasteiger charge is -2.04. The van der Waals surface area contributed by atoms with Crippen LogP contribution < -0.4 is 0 Å². The maximum atomic E-state index is 11.6. The number of carbonyl (C=O) groups is 1. The Morgan fingerprint density at radius 2 is 2.37 bits per heavy atom. The Kier molecular flexibility index (Phi) is 4.11. The predicted octanol–water partition coefficient (Wildman–Crippen LogP) is 2.45. The highest BCUT2D eigenvalue weighted by Crippen LogP contribution is 2.24. The molecule has 1 unspecified atom stereocenters. The van der Waals surface area contributed by atoms with Gasteiger partial charge in [-0.2, -0.15) is 4.98 Å². The Labute approximate surface area is 114 Å². The second kappa shape index (κ2) is 5.79. The minimum atomic E-state index is -0.622. The summed E-state index contributed by atoms with van der Waals surface area (Å²) < 4.78 is 9.93. The fourth-order valence-electron chi connectivity index (χ4n) is 1.43. The third-order valence-electron chi connectivity index (χ3n) is 2.42. The van der Waals surface area contributed by atoms with Crippen molar-refractivity contribution in [3.63, 3.8) is 0 Å². The third kappa shape index (κ3) is 2.90. The van der Waals surface area contributed by atoms with Gasteiger partial charge in [0.25, 0.3) is 0 Å². The summed E-state index contributed by atoms with van der Waals surface area (Å²) in [5, 5.41) is 4.19. The average molecular weight is 282 g/mol. The first-order valence-electron chi connectivity index (χ1n) is 5.74. The van der Waals surface area contributed by atoms with Gasteiger partial charge in [0.1, 0.15) is 11.6 Å². The second-order valence-corrected chi connectivity index (χ2v) is 4.17. The van der Waals surface area contributed by atoms with Gasteiger partial charge in [-0.05, 0) is 26.0 Å². The quantitative estimate of drug-likeness (QED) is 0.801. The zero-order chi connectivity index (χ0) is 13.8. The van der Waals surface area contributed by atoms with Gasteiger partial charge in [-0.3, -0.25) is 9.78 Å². The molecule has 2 rings (SSSR count). The fraction of sp³-hybridized carbons (Fsp3) is 0.333. The van der Waals surface area contributed by atoms with E-state index >= 15 is 0 Å². The van der Waals surface area contributed by atoms with Crippen molar-refractivity contribution in [2.75, 3.05) is 6.61 Å². The number of esters is 1. The number of hydrogen-bond acceptors (Lipinski definition) is 6. The fourth-order valence-corrected chi connectivity index (χ4v) is 1.63. The number of aromatic nitrogens is 3.